The van der Waals surface area contributed by atoms with Crippen molar-refractivity contribution in [2.75, 3.05) is 38.5 Å². The molecule has 1 aromatic carbocycles. The van der Waals surface area contributed by atoms with Gasteiger partial charge in [0.2, 0.25) is 5.91 Å². The topological polar surface area (TPSA) is 89.7 Å². The minimum Gasteiger partial charge on any atom is -0.486 e. The third-order valence-electron chi connectivity index (χ3n) is 5.92. The van der Waals surface area contributed by atoms with Gasteiger partial charge in [0.15, 0.2) is 11.5 Å². The van der Waals surface area contributed by atoms with Crippen LogP contribution in [-0.4, -0.2) is 54.7 Å². The number of ether oxygens (including phenoxy) is 2. The molecule has 2 aromatic rings. The first kappa shape index (κ1) is 20.5. The fourth-order valence-corrected chi connectivity index (χ4v) is 4.12. The molecule has 1 saturated heterocycles. The second-order valence-corrected chi connectivity index (χ2v) is 8.23. The van der Waals surface area contributed by atoms with Crippen LogP contribution in [0.15, 0.2) is 36.5 Å². The zero-order valence-corrected chi connectivity index (χ0v) is 17.5. The van der Waals surface area contributed by atoms with Crippen LogP contribution in [-0.2, 0) is 11.2 Å². The molecule has 1 atom stereocenters. The van der Waals surface area contributed by atoms with E-state index in [-0.39, 0.29) is 18.4 Å². The highest BCUT2D eigenvalue weighted by Gasteiger charge is 2.27. The molecule has 0 radical (unpaired) electrons. The van der Waals surface area contributed by atoms with Gasteiger partial charge < -0.3 is 20.5 Å². The van der Waals surface area contributed by atoms with Gasteiger partial charge in [0, 0.05) is 24.8 Å². The highest BCUT2D eigenvalue weighted by molar-refractivity contribution is 5.79. The fourth-order valence-electron chi connectivity index (χ4n) is 4.12. The van der Waals surface area contributed by atoms with E-state index in [0.717, 1.165) is 55.1 Å². The summed E-state index contributed by atoms with van der Waals surface area (Å²) in [5.74, 6) is 2.64. The molecule has 1 amide bonds. The molecule has 30 heavy (non-hydrogen) atoms. The molecule has 1 fully saturated rings. The SMILES string of the molecule is Cc1cccc2c1OC(CN1CCC(CNC(=O)Cc3cccnc3N)CC1)CO2. The molecule has 3 heterocycles. The van der Waals surface area contributed by atoms with Crippen molar-refractivity contribution in [3.8, 4) is 11.5 Å². The molecule has 160 valence electrons. The predicted molar refractivity (Wildman–Crippen MR) is 116 cm³/mol. The quantitative estimate of drug-likeness (QED) is 0.759. The second kappa shape index (κ2) is 9.34. The maximum atomic E-state index is 12.2. The summed E-state index contributed by atoms with van der Waals surface area (Å²) in [7, 11) is 0. The van der Waals surface area contributed by atoms with Crippen molar-refractivity contribution in [2.45, 2.75) is 32.3 Å². The fraction of sp³-hybridized carbons (Fsp3) is 0.478. The number of pyridine rings is 1. The number of rotatable bonds is 6. The summed E-state index contributed by atoms with van der Waals surface area (Å²) in [5, 5.41) is 3.06. The second-order valence-electron chi connectivity index (χ2n) is 8.23. The van der Waals surface area contributed by atoms with Gasteiger partial charge in [0.05, 0.1) is 6.42 Å². The van der Waals surface area contributed by atoms with Crippen molar-refractivity contribution >= 4 is 11.7 Å². The number of hydrogen-bond acceptors (Lipinski definition) is 6. The lowest BCUT2D eigenvalue weighted by molar-refractivity contribution is -0.120. The van der Waals surface area contributed by atoms with Crippen LogP contribution in [0.5, 0.6) is 11.5 Å². The van der Waals surface area contributed by atoms with Crippen molar-refractivity contribution in [1.82, 2.24) is 15.2 Å². The Morgan fingerprint density at radius 2 is 2.10 bits per heavy atom. The summed E-state index contributed by atoms with van der Waals surface area (Å²) >= 11 is 0. The molecule has 1 aromatic heterocycles. The Morgan fingerprint density at radius 1 is 1.27 bits per heavy atom. The van der Waals surface area contributed by atoms with Crippen LogP contribution in [0.4, 0.5) is 5.82 Å². The van der Waals surface area contributed by atoms with E-state index in [1.54, 1.807) is 12.3 Å². The summed E-state index contributed by atoms with van der Waals surface area (Å²) in [6, 6.07) is 9.65. The van der Waals surface area contributed by atoms with Gasteiger partial charge in [-0.2, -0.15) is 0 Å². The molecule has 0 bridgehead atoms. The average molecular weight is 411 g/mol. The third kappa shape index (κ3) is 5.02. The van der Waals surface area contributed by atoms with Crippen LogP contribution in [0.25, 0.3) is 0 Å². The Bertz CT molecular complexity index is 881. The molecule has 2 aliphatic rings. The van der Waals surface area contributed by atoms with E-state index >= 15 is 0 Å². The van der Waals surface area contributed by atoms with Gasteiger partial charge in [0.1, 0.15) is 18.5 Å². The summed E-state index contributed by atoms with van der Waals surface area (Å²) < 4.78 is 12.1. The number of fused-ring (bicyclic) bond motifs is 1. The van der Waals surface area contributed by atoms with Gasteiger partial charge >= 0.3 is 0 Å². The molecule has 7 nitrogen and oxygen atoms in total. The number of carbonyl (C=O) groups excluding carboxylic acids is 1. The minimum absolute atomic E-state index is 0.00100. The number of para-hydroxylation sites is 1. The number of benzene rings is 1. The van der Waals surface area contributed by atoms with Gasteiger partial charge in [0.25, 0.3) is 0 Å². The number of nitrogens with zero attached hydrogens (tertiary/aromatic N) is 2. The van der Waals surface area contributed by atoms with E-state index in [1.165, 1.54) is 0 Å². The van der Waals surface area contributed by atoms with Crippen molar-refractivity contribution in [1.29, 1.82) is 0 Å². The maximum absolute atomic E-state index is 12.2. The number of aryl methyl sites for hydroxylation is 1. The van der Waals surface area contributed by atoms with Crippen LogP contribution in [0.2, 0.25) is 0 Å². The van der Waals surface area contributed by atoms with Gasteiger partial charge in [-0.15, -0.1) is 0 Å². The van der Waals surface area contributed by atoms with Gasteiger partial charge in [-0.1, -0.05) is 18.2 Å². The lowest BCUT2D eigenvalue weighted by Gasteiger charge is -2.36. The normalized spacial score (nSPS) is 19.4. The highest BCUT2D eigenvalue weighted by Crippen LogP contribution is 2.34. The molecule has 0 aliphatic carbocycles. The number of nitrogen functional groups attached to an aromatic ring is 1. The number of aromatic nitrogens is 1. The van der Waals surface area contributed by atoms with E-state index < -0.39 is 0 Å². The number of anilines is 1. The van der Waals surface area contributed by atoms with Crippen LogP contribution in [0, 0.1) is 12.8 Å². The minimum atomic E-state index is -0.00100. The molecule has 4 rings (SSSR count). The maximum Gasteiger partial charge on any atom is 0.224 e. The lowest BCUT2D eigenvalue weighted by Crippen LogP contribution is -2.45. The summed E-state index contributed by atoms with van der Waals surface area (Å²) in [5.41, 5.74) is 7.70. The Kier molecular flexibility index (Phi) is 6.38. The number of likely N-dealkylation sites (tertiary alicyclic amines) is 1. The van der Waals surface area contributed by atoms with Gasteiger partial charge in [-0.05, 0) is 56.5 Å². The molecule has 7 heteroatoms. The zero-order valence-electron chi connectivity index (χ0n) is 17.5. The van der Waals surface area contributed by atoms with E-state index in [4.69, 9.17) is 15.2 Å². The largest absolute Gasteiger partial charge is 0.486 e. The Morgan fingerprint density at radius 3 is 2.90 bits per heavy atom. The number of piperidine rings is 1. The first-order chi connectivity index (χ1) is 14.6. The van der Waals surface area contributed by atoms with Crippen molar-refractivity contribution in [3.63, 3.8) is 0 Å². The Balaban J connectivity index is 1.18. The molecular weight excluding hydrogens is 380 g/mol. The van der Waals surface area contributed by atoms with Gasteiger partial charge in [-0.3, -0.25) is 9.69 Å². The van der Waals surface area contributed by atoms with Crippen LogP contribution in [0.3, 0.4) is 0 Å². The third-order valence-corrected chi connectivity index (χ3v) is 5.92. The molecule has 2 aliphatic heterocycles. The van der Waals surface area contributed by atoms with Crippen molar-refractivity contribution in [2.24, 2.45) is 5.92 Å². The molecule has 1 unspecified atom stereocenters. The highest BCUT2D eigenvalue weighted by atomic mass is 16.6. The van der Waals surface area contributed by atoms with E-state index in [2.05, 4.69) is 15.2 Å². The zero-order chi connectivity index (χ0) is 20.9. The molecule has 0 spiro atoms. The van der Waals surface area contributed by atoms with E-state index in [9.17, 15) is 4.79 Å². The lowest BCUT2D eigenvalue weighted by atomic mass is 9.96. The van der Waals surface area contributed by atoms with Gasteiger partial charge in [-0.25, -0.2) is 4.98 Å². The van der Waals surface area contributed by atoms with Crippen molar-refractivity contribution in [3.05, 3.63) is 47.7 Å². The number of nitrogens with one attached hydrogen (secondary N) is 1. The molecule has 0 saturated carbocycles. The number of amides is 1. The molecule has 3 N–H and O–H groups in total. The Hall–Kier alpha value is -2.80. The number of hydrogen-bond donors (Lipinski definition) is 2. The Labute approximate surface area is 177 Å². The predicted octanol–water partition coefficient (Wildman–Crippen LogP) is 2.18. The first-order valence-corrected chi connectivity index (χ1v) is 10.7. The van der Waals surface area contributed by atoms with Crippen LogP contribution in [0.1, 0.15) is 24.0 Å². The summed E-state index contributed by atoms with van der Waals surface area (Å²) in [6.45, 7) is 6.24. The summed E-state index contributed by atoms with van der Waals surface area (Å²) in [6.07, 6.45) is 4.10. The number of nitrogens with two attached hydrogens (primary N) is 1. The monoisotopic (exact) mass is 410 g/mol. The molecular formula is C23H30N4O3. The average Bonchev–Trinajstić information content (AvgIpc) is 2.75. The summed E-state index contributed by atoms with van der Waals surface area (Å²) in [4.78, 5) is 18.7. The first-order valence-electron chi connectivity index (χ1n) is 10.7. The van der Waals surface area contributed by atoms with Crippen LogP contribution < -0.4 is 20.5 Å². The smallest absolute Gasteiger partial charge is 0.224 e. The van der Waals surface area contributed by atoms with Crippen molar-refractivity contribution < 1.29 is 14.3 Å². The van der Waals surface area contributed by atoms with E-state index in [0.29, 0.717) is 24.9 Å². The number of carbonyl (C=O) groups is 1. The standard InChI is InChI=1S/C23H30N4O3/c1-16-4-2-6-20-22(16)30-19(15-29-20)14-27-10-7-17(8-11-27)13-26-21(28)12-18-5-3-9-25-23(18)24/h2-6,9,17,19H,7-8,10-15H2,1H3,(H2,24,25)(H,26,28). The van der Waals surface area contributed by atoms with E-state index in [1.807, 2.05) is 31.2 Å². The van der Waals surface area contributed by atoms with Crippen LogP contribution >= 0.6 is 0 Å².